The summed E-state index contributed by atoms with van der Waals surface area (Å²) >= 11 is 8.88. The van der Waals surface area contributed by atoms with Crippen molar-refractivity contribution in [3.63, 3.8) is 0 Å². The molecule has 0 spiro atoms. The van der Waals surface area contributed by atoms with Gasteiger partial charge in [-0.05, 0) is 30.7 Å². The number of Topliss-reactive ketones (excluding diaryl/α,β-unsaturated/α-hetero) is 1. The van der Waals surface area contributed by atoms with E-state index in [0.29, 0.717) is 28.6 Å². The van der Waals surface area contributed by atoms with E-state index >= 15 is 0 Å². The second kappa shape index (κ2) is 8.30. The first-order valence-electron chi connectivity index (χ1n) is 6.79. The molecule has 0 atom stereocenters. The fourth-order valence-electron chi connectivity index (χ4n) is 1.80. The Morgan fingerprint density at radius 2 is 2.00 bits per heavy atom. The highest BCUT2D eigenvalue weighted by Gasteiger charge is 2.11. The molecule has 23 heavy (non-hydrogen) atoms. The van der Waals surface area contributed by atoms with Crippen LogP contribution in [0.5, 0.6) is 0 Å². The van der Waals surface area contributed by atoms with E-state index in [-0.39, 0.29) is 5.78 Å². The van der Waals surface area contributed by atoms with Crippen molar-refractivity contribution < 1.29 is 13.2 Å². The van der Waals surface area contributed by atoms with Crippen molar-refractivity contribution in [2.45, 2.75) is 11.3 Å². The summed E-state index contributed by atoms with van der Waals surface area (Å²) in [5, 5.41) is 0.643. The number of thioether (sulfide) groups is 1. The average Bonchev–Trinajstić information content (AvgIpc) is 2.94. The minimum atomic E-state index is -3.18. The highest BCUT2D eigenvalue weighted by Crippen LogP contribution is 2.28. The standard InChI is InChI=1S/C15H16ClNO3S3/c1-23(19,20)17-9-8-11-6-7-15(22-11)13(18)10-21-14-5-3-2-4-12(14)16/h2-7,17H,8-10H2,1H3. The predicted molar refractivity (Wildman–Crippen MR) is 97.4 cm³/mol. The number of ketones is 1. The van der Waals surface area contributed by atoms with Gasteiger partial charge in [-0.15, -0.1) is 23.1 Å². The zero-order valence-corrected chi connectivity index (χ0v) is 15.6. The van der Waals surface area contributed by atoms with Gasteiger partial charge in [0.05, 0.1) is 21.9 Å². The number of hydrogen-bond acceptors (Lipinski definition) is 5. The fourth-order valence-corrected chi connectivity index (χ4v) is 4.43. The Morgan fingerprint density at radius 1 is 1.26 bits per heavy atom. The van der Waals surface area contributed by atoms with Gasteiger partial charge in [0, 0.05) is 16.3 Å². The van der Waals surface area contributed by atoms with Crippen LogP contribution in [-0.4, -0.2) is 32.8 Å². The summed E-state index contributed by atoms with van der Waals surface area (Å²) in [7, 11) is -3.18. The van der Waals surface area contributed by atoms with Crippen molar-refractivity contribution in [2.24, 2.45) is 0 Å². The Hall–Kier alpha value is -0.860. The zero-order valence-electron chi connectivity index (χ0n) is 12.4. The second-order valence-electron chi connectivity index (χ2n) is 4.82. The van der Waals surface area contributed by atoms with Crippen LogP contribution in [0, 0.1) is 0 Å². The molecule has 0 saturated heterocycles. The lowest BCUT2D eigenvalue weighted by molar-refractivity contribution is 0.102. The van der Waals surface area contributed by atoms with Crippen LogP contribution in [0.2, 0.25) is 5.02 Å². The molecular weight excluding hydrogens is 374 g/mol. The SMILES string of the molecule is CS(=O)(=O)NCCc1ccc(C(=O)CSc2ccccc2Cl)s1. The number of hydrogen-bond donors (Lipinski definition) is 1. The smallest absolute Gasteiger partial charge is 0.208 e. The number of thiophene rings is 1. The maximum absolute atomic E-state index is 12.2. The lowest BCUT2D eigenvalue weighted by Crippen LogP contribution is -2.23. The van der Waals surface area contributed by atoms with E-state index in [1.165, 1.54) is 23.1 Å². The van der Waals surface area contributed by atoms with Gasteiger partial charge < -0.3 is 0 Å². The number of carbonyl (C=O) groups excluding carboxylic acids is 1. The highest BCUT2D eigenvalue weighted by molar-refractivity contribution is 8.00. The minimum absolute atomic E-state index is 0.0437. The third-order valence-corrected chi connectivity index (χ3v) is 6.30. The molecule has 2 rings (SSSR count). The molecule has 1 aromatic carbocycles. The van der Waals surface area contributed by atoms with E-state index in [4.69, 9.17) is 11.6 Å². The van der Waals surface area contributed by atoms with E-state index in [1.807, 2.05) is 24.3 Å². The second-order valence-corrected chi connectivity index (χ2v) is 9.25. The summed E-state index contributed by atoms with van der Waals surface area (Å²) in [5.74, 6) is 0.368. The Labute approximate surface area is 149 Å². The van der Waals surface area contributed by atoms with Crippen molar-refractivity contribution in [2.75, 3.05) is 18.6 Å². The summed E-state index contributed by atoms with van der Waals surface area (Å²) < 4.78 is 24.5. The van der Waals surface area contributed by atoms with Gasteiger partial charge in [-0.25, -0.2) is 13.1 Å². The van der Waals surface area contributed by atoms with Crippen LogP contribution >= 0.6 is 34.7 Å². The number of halogens is 1. The van der Waals surface area contributed by atoms with Gasteiger partial charge in [-0.3, -0.25) is 4.79 Å². The number of sulfonamides is 1. The van der Waals surface area contributed by atoms with E-state index in [0.717, 1.165) is 16.0 Å². The van der Waals surface area contributed by atoms with E-state index in [1.54, 1.807) is 12.1 Å². The molecule has 4 nitrogen and oxygen atoms in total. The molecular formula is C15H16ClNO3S3. The zero-order chi connectivity index (χ0) is 16.9. The van der Waals surface area contributed by atoms with Crippen molar-refractivity contribution in [1.29, 1.82) is 0 Å². The van der Waals surface area contributed by atoms with Gasteiger partial charge in [0.2, 0.25) is 10.0 Å². The maximum atomic E-state index is 12.2. The van der Waals surface area contributed by atoms with Crippen LogP contribution < -0.4 is 4.72 Å². The molecule has 0 aliphatic carbocycles. The van der Waals surface area contributed by atoms with Crippen LogP contribution in [0.4, 0.5) is 0 Å². The van der Waals surface area contributed by atoms with Gasteiger partial charge in [0.1, 0.15) is 0 Å². The third kappa shape index (κ3) is 6.27. The molecule has 0 saturated carbocycles. The van der Waals surface area contributed by atoms with Crippen LogP contribution in [0.25, 0.3) is 0 Å². The Bertz CT molecular complexity index is 787. The lowest BCUT2D eigenvalue weighted by Gasteiger charge is -2.02. The molecule has 124 valence electrons. The molecule has 0 aliphatic heterocycles. The van der Waals surface area contributed by atoms with Crippen molar-refractivity contribution in [3.05, 3.63) is 51.2 Å². The van der Waals surface area contributed by atoms with Crippen LogP contribution in [0.15, 0.2) is 41.3 Å². The normalized spacial score (nSPS) is 11.6. The molecule has 1 aromatic heterocycles. The molecule has 0 fully saturated rings. The Balaban J connectivity index is 1.87. The summed E-state index contributed by atoms with van der Waals surface area (Å²) in [6.45, 7) is 0.335. The van der Waals surface area contributed by atoms with Crippen LogP contribution in [-0.2, 0) is 16.4 Å². The summed E-state index contributed by atoms with van der Waals surface area (Å²) in [5.41, 5.74) is 0. The predicted octanol–water partition coefficient (Wildman–Crippen LogP) is 3.47. The summed E-state index contributed by atoms with van der Waals surface area (Å²) in [6, 6.07) is 11.1. The first kappa shape index (κ1) is 18.5. The number of benzene rings is 1. The van der Waals surface area contributed by atoms with Gasteiger partial charge >= 0.3 is 0 Å². The quantitative estimate of drug-likeness (QED) is 0.554. The van der Waals surface area contributed by atoms with Crippen LogP contribution in [0.3, 0.4) is 0 Å². The van der Waals surface area contributed by atoms with Gasteiger partial charge in [-0.2, -0.15) is 0 Å². The number of nitrogens with one attached hydrogen (secondary N) is 1. The Morgan fingerprint density at radius 3 is 2.70 bits per heavy atom. The number of rotatable bonds is 8. The van der Waals surface area contributed by atoms with E-state index in [2.05, 4.69) is 4.72 Å². The first-order valence-corrected chi connectivity index (χ1v) is 10.9. The third-order valence-electron chi connectivity index (χ3n) is 2.87. The topological polar surface area (TPSA) is 63.2 Å². The maximum Gasteiger partial charge on any atom is 0.208 e. The van der Waals surface area contributed by atoms with E-state index in [9.17, 15) is 13.2 Å². The summed E-state index contributed by atoms with van der Waals surface area (Å²) in [6.07, 6.45) is 1.70. The molecule has 0 unspecified atom stereocenters. The molecule has 2 aromatic rings. The van der Waals surface area contributed by atoms with Crippen molar-refractivity contribution in [1.82, 2.24) is 4.72 Å². The fraction of sp³-hybridized carbons (Fsp3) is 0.267. The van der Waals surface area contributed by atoms with Crippen LogP contribution in [0.1, 0.15) is 14.5 Å². The summed E-state index contributed by atoms with van der Waals surface area (Å²) in [4.78, 5) is 14.8. The van der Waals surface area contributed by atoms with Crippen molar-refractivity contribution in [3.8, 4) is 0 Å². The molecule has 8 heteroatoms. The molecule has 1 N–H and O–H groups in total. The number of carbonyl (C=O) groups is 1. The largest absolute Gasteiger partial charge is 0.292 e. The molecule has 0 amide bonds. The highest BCUT2D eigenvalue weighted by atomic mass is 35.5. The molecule has 0 radical (unpaired) electrons. The molecule has 1 heterocycles. The average molecular weight is 390 g/mol. The van der Waals surface area contributed by atoms with Gasteiger partial charge in [0.25, 0.3) is 0 Å². The molecule has 0 aliphatic rings. The Kier molecular flexibility index (Phi) is 6.67. The monoisotopic (exact) mass is 389 g/mol. The molecule has 0 bridgehead atoms. The van der Waals surface area contributed by atoms with Gasteiger partial charge in [-0.1, -0.05) is 23.7 Å². The minimum Gasteiger partial charge on any atom is -0.292 e. The van der Waals surface area contributed by atoms with Crippen molar-refractivity contribution >= 4 is 50.5 Å². The lowest BCUT2D eigenvalue weighted by atomic mass is 10.3. The van der Waals surface area contributed by atoms with Gasteiger partial charge in [0.15, 0.2) is 5.78 Å². The first-order chi connectivity index (χ1) is 10.8. The van der Waals surface area contributed by atoms with E-state index < -0.39 is 10.0 Å².